The lowest BCUT2D eigenvalue weighted by molar-refractivity contribution is -0.119. The molecule has 1 saturated carbocycles. The predicted molar refractivity (Wildman–Crippen MR) is 71.8 cm³/mol. The molecule has 1 aromatic carbocycles. The fourth-order valence-corrected chi connectivity index (χ4v) is 4.35. The predicted octanol–water partition coefficient (Wildman–Crippen LogP) is 4.09. The van der Waals surface area contributed by atoms with Crippen LogP contribution in [-0.4, -0.2) is 10.7 Å². The number of thioether (sulfide) groups is 1. The number of hydrogen-bond donors (Lipinski definition) is 1. The van der Waals surface area contributed by atoms with Gasteiger partial charge in [0.05, 0.1) is 20.4 Å². The van der Waals surface area contributed by atoms with Gasteiger partial charge in [0.2, 0.25) is 5.91 Å². The zero-order valence-corrected chi connectivity index (χ0v) is 11.0. The zero-order chi connectivity index (χ0) is 11.9. The monoisotopic (exact) mass is 267 g/mol. The Kier molecular flexibility index (Phi) is 2.83. The molecule has 0 atom stereocenters. The molecule has 1 aromatic rings. The Balaban J connectivity index is 2.01. The normalized spacial score (nSPS) is 22.1. The van der Waals surface area contributed by atoms with Gasteiger partial charge >= 0.3 is 0 Å². The van der Waals surface area contributed by atoms with Crippen LogP contribution in [0.3, 0.4) is 0 Å². The van der Waals surface area contributed by atoms with Crippen LogP contribution in [0.25, 0.3) is 0 Å². The van der Waals surface area contributed by atoms with E-state index in [0.29, 0.717) is 0 Å². The molecule has 3 rings (SSSR count). The van der Waals surface area contributed by atoms with E-state index in [4.69, 9.17) is 11.6 Å². The third kappa shape index (κ3) is 1.85. The van der Waals surface area contributed by atoms with Crippen molar-refractivity contribution < 1.29 is 4.79 Å². The van der Waals surface area contributed by atoms with Gasteiger partial charge in [-0.2, -0.15) is 0 Å². The summed E-state index contributed by atoms with van der Waals surface area (Å²) in [5.41, 5.74) is 0.865. The number of carbonyl (C=O) groups excluding carboxylic acids is 1. The number of benzene rings is 1. The molecule has 2 nitrogen and oxygen atoms in total. The summed E-state index contributed by atoms with van der Waals surface area (Å²) in [6.07, 6.45) is 5.45. The second kappa shape index (κ2) is 4.21. The van der Waals surface area contributed by atoms with Gasteiger partial charge in [-0.3, -0.25) is 4.79 Å². The van der Waals surface area contributed by atoms with E-state index in [1.54, 1.807) is 11.8 Å². The average Bonchev–Trinajstić information content (AvgIpc) is 2.34. The highest BCUT2D eigenvalue weighted by Crippen LogP contribution is 2.51. The first-order chi connectivity index (χ1) is 8.21. The van der Waals surface area contributed by atoms with Crippen molar-refractivity contribution in [1.29, 1.82) is 0 Å². The molecule has 2 aliphatic rings. The molecule has 90 valence electrons. The maximum atomic E-state index is 12.3. The Labute approximate surface area is 110 Å². The smallest absolute Gasteiger partial charge is 0.241 e. The van der Waals surface area contributed by atoms with Crippen LogP contribution in [-0.2, 0) is 4.79 Å². The zero-order valence-electron chi connectivity index (χ0n) is 9.46. The van der Waals surface area contributed by atoms with Gasteiger partial charge in [0.1, 0.15) is 0 Å². The number of carbonyl (C=O) groups is 1. The van der Waals surface area contributed by atoms with Crippen molar-refractivity contribution >= 4 is 35.0 Å². The number of nitrogens with one attached hydrogen (secondary N) is 1. The molecular weight excluding hydrogens is 254 g/mol. The number of fused-ring (bicyclic) bond motifs is 1. The second-order valence-corrected chi connectivity index (χ2v) is 6.53. The van der Waals surface area contributed by atoms with Crippen LogP contribution in [0.4, 0.5) is 5.69 Å². The molecule has 1 heterocycles. The Morgan fingerprint density at radius 1 is 1.24 bits per heavy atom. The fourth-order valence-electron chi connectivity index (χ4n) is 2.64. The van der Waals surface area contributed by atoms with E-state index in [1.165, 1.54) is 6.42 Å². The van der Waals surface area contributed by atoms with Crippen molar-refractivity contribution in [3.8, 4) is 0 Å². The molecule has 1 amide bonds. The molecule has 1 N–H and O–H groups in total. The van der Waals surface area contributed by atoms with Gasteiger partial charge < -0.3 is 5.32 Å². The number of halogens is 1. The number of rotatable bonds is 0. The molecule has 0 unspecified atom stereocenters. The highest BCUT2D eigenvalue weighted by Gasteiger charge is 2.44. The van der Waals surface area contributed by atoms with Crippen molar-refractivity contribution in [2.24, 2.45) is 0 Å². The first-order valence-electron chi connectivity index (χ1n) is 6.00. The molecule has 0 aromatic heterocycles. The van der Waals surface area contributed by atoms with Crippen molar-refractivity contribution in [2.45, 2.75) is 41.7 Å². The quantitative estimate of drug-likeness (QED) is 0.767. The minimum atomic E-state index is -0.268. The standard InChI is InChI=1S/C13H14ClNOS/c14-9-5-4-6-10-11(9)17-13(12(16)15-10)7-2-1-3-8-13/h4-6H,1-3,7-8H2,(H,15,16). The number of hydrogen-bond acceptors (Lipinski definition) is 2. The summed E-state index contributed by atoms with van der Waals surface area (Å²) in [6, 6.07) is 5.68. The van der Waals surface area contributed by atoms with Crippen LogP contribution in [0.2, 0.25) is 5.02 Å². The fraction of sp³-hybridized carbons (Fsp3) is 0.462. The van der Waals surface area contributed by atoms with Crippen LogP contribution in [0.15, 0.2) is 23.1 Å². The minimum Gasteiger partial charge on any atom is -0.324 e. The molecule has 0 saturated heterocycles. The van der Waals surface area contributed by atoms with Gasteiger partial charge in [0.15, 0.2) is 0 Å². The maximum absolute atomic E-state index is 12.3. The first-order valence-corrected chi connectivity index (χ1v) is 7.20. The third-order valence-electron chi connectivity index (χ3n) is 3.59. The van der Waals surface area contributed by atoms with Crippen LogP contribution >= 0.6 is 23.4 Å². The lowest BCUT2D eigenvalue weighted by Gasteiger charge is -2.39. The van der Waals surface area contributed by atoms with E-state index in [1.807, 2.05) is 18.2 Å². The maximum Gasteiger partial charge on any atom is 0.241 e. The van der Waals surface area contributed by atoms with E-state index < -0.39 is 0 Å². The Hall–Kier alpha value is -0.670. The molecule has 1 aliphatic heterocycles. The van der Waals surface area contributed by atoms with Gasteiger partial charge in [-0.1, -0.05) is 36.9 Å². The van der Waals surface area contributed by atoms with Crippen molar-refractivity contribution in [3.05, 3.63) is 23.2 Å². The molecule has 1 fully saturated rings. The van der Waals surface area contributed by atoms with E-state index >= 15 is 0 Å². The van der Waals surface area contributed by atoms with Crippen molar-refractivity contribution in [3.63, 3.8) is 0 Å². The van der Waals surface area contributed by atoms with Gasteiger partial charge in [0, 0.05) is 0 Å². The molecule has 0 radical (unpaired) electrons. The summed E-state index contributed by atoms with van der Waals surface area (Å²) in [6.45, 7) is 0. The van der Waals surface area contributed by atoms with Crippen LogP contribution in [0, 0.1) is 0 Å². The minimum absolute atomic E-state index is 0.164. The Morgan fingerprint density at radius 3 is 2.76 bits per heavy atom. The van der Waals surface area contributed by atoms with Gasteiger partial charge in [-0.15, -0.1) is 11.8 Å². The molecule has 0 bridgehead atoms. The second-order valence-electron chi connectivity index (χ2n) is 4.73. The van der Waals surface area contributed by atoms with E-state index in [2.05, 4.69) is 5.32 Å². The average molecular weight is 268 g/mol. The molecule has 17 heavy (non-hydrogen) atoms. The summed E-state index contributed by atoms with van der Waals surface area (Å²) in [4.78, 5) is 13.3. The molecule has 1 spiro atoms. The Bertz CT molecular complexity index is 468. The Morgan fingerprint density at radius 2 is 2.00 bits per heavy atom. The summed E-state index contributed by atoms with van der Waals surface area (Å²) in [7, 11) is 0. The summed E-state index contributed by atoms with van der Waals surface area (Å²) >= 11 is 7.89. The van der Waals surface area contributed by atoms with Crippen LogP contribution in [0.5, 0.6) is 0 Å². The van der Waals surface area contributed by atoms with Crippen molar-refractivity contribution in [1.82, 2.24) is 0 Å². The number of anilines is 1. The highest BCUT2D eigenvalue weighted by molar-refractivity contribution is 8.01. The lowest BCUT2D eigenvalue weighted by Crippen LogP contribution is -2.44. The largest absolute Gasteiger partial charge is 0.324 e. The highest BCUT2D eigenvalue weighted by atomic mass is 35.5. The SMILES string of the molecule is O=C1Nc2cccc(Cl)c2SC12CCCCC2. The third-order valence-corrected chi connectivity index (χ3v) is 5.64. The van der Waals surface area contributed by atoms with Crippen LogP contribution < -0.4 is 5.32 Å². The first kappa shape index (κ1) is 11.4. The summed E-state index contributed by atoms with van der Waals surface area (Å²) in [5, 5.41) is 3.76. The molecular formula is C13H14ClNOS. The molecule has 4 heteroatoms. The van der Waals surface area contributed by atoms with E-state index in [-0.39, 0.29) is 10.7 Å². The summed E-state index contributed by atoms with van der Waals surface area (Å²) < 4.78 is -0.268. The van der Waals surface area contributed by atoms with Gasteiger partial charge in [-0.05, 0) is 25.0 Å². The van der Waals surface area contributed by atoms with E-state index in [9.17, 15) is 4.79 Å². The van der Waals surface area contributed by atoms with Gasteiger partial charge in [-0.25, -0.2) is 0 Å². The van der Waals surface area contributed by atoms with Gasteiger partial charge in [0.25, 0.3) is 0 Å². The van der Waals surface area contributed by atoms with Crippen molar-refractivity contribution in [2.75, 3.05) is 5.32 Å². The molecule has 1 aliphatic carbocycles. The number of amides is 1. The topological polar surface area (TPSA) is 29.1 Å². The lowest BCUT2D eigenvalue weighted by atomic mass is 9.87. The van der Waals surface area contributed by atoms with E-state index in [0.717, 1.165) is 41.3 Å². The summed E-state index contributed by atoms with van der Waals surface area (Å²) in [5.74, 6) is 0.164. The van der Waals surface area contributed by atoms with Crippen LogP contribution in [0.1, 0.15) is 32.1 Å².